The maximum atomic E-state index is 9.92. The molecule has 0 saturated heterocycles. The van der Waals surface area contributed by atoms with Crippen molar-refractivity contribution in [1.29, 1.82) is 0 Å². The summed E-state index contributed by atoms with van der Waals surface area (Å²) in [7, 11) is 0. The lowest BCUT2D eigenvalue weighted by Gasteiger charge is -2.22. The summed E-state index contributed by atoms with van der Waals surface area (Å²) in [5.74, 6) is 1.22. The monoisotopic (exact) mass is 327 g/mol. The van der Waals surface area contributed by atoms with Crippen molar-refractivity contribution in [2.45, 2.75) is 38.8 Å². The van der Waals surface area contributed by atoms with E-state index in [1.54, 1.807) is 0 Å². The van der Waals surface area contributed by atoms with E-state index in [0.717, 1.165) is 29.7 Å². The largest absolute Gasteiger partial charge is 0.493 e. The van der Waals surface area contributed by atoms with Crippen LogP contribution in [0.4, 0.5) is 0 Å². The van der Waals surface area contributed by atoms with Crippen LogP contribution < -0.4 is 10.1 Å². The summed E-state index contributed by atoms with van der Waals surface area (Å²) in [4.78, 5) is 0. The highest BCUT2D eigenvalue weighted by Crippen LogP contribution is 2.33. The minimum Gasteiger partial charge on any atom is -0.493 e. The molecule has 2 N–H and O–H groups in total. The number of nitrogens with one attached hydrogen (secondary N) is 1. The highest BCUT2D eigenvalue weighted by molar-refractivity contribution is 9.10. The number of halogens is 1. The fourth-order valence-electron chi connectivity index (χ4n) is 2.26. The van der Waals surface area contributed by atoms with Crippen LogP contribution in [0, 0.1) is 5.92 Å². The third kappa shape index (κ3) is 3.94. The molecule has 2 rings (SSSR count). The summed E-state index contributed by atoms with van der Waals surface area (Å²) in [6.45, 7) is 5.45. The van der Waals surface area contributed by atoms with E-state index in [1.807, 2.05) is 26.0 Å². The molecule has 0 aromatic heterocycles. The van der Waals surface area contributed by atoms with E-state index in [9.17, 15) is 5.11 Å². The van der Waals surface area contributed by atoms with E-state index in [2.05, 4.69) is 27.3 Å². The van der Waals surface area contributed by atoms with Gasteiger partial charge < -0.3 is 15.2 Å². The lowest BCUT2D eigenvalue weighted by atomic mass is 10.0. The molecule has 0 amide bonds. The second-order valence-corrected chi connectivity index (χ2v) is 6.36. The van der Waals surface area contributed by atoms with Crippen LogP contribution >= 0.6 is 15.9 Å². The highest BCUT2D eigenvalue weighted by Gasteiger charge is 2.21. The first kappa shape index (κ1) is 14.8. The number of aliphatic hydroxyl groups excluding tert-OH is 1. The van der Waals surface area contributed by atoms with E-state index in [-0.39, 0.29) is 18.1 Å². The van der Waals surface area contributed by atoms with Crippen molar-refractivity contribution in [3.05, 3.63) is 28.2 Å². The van der Waals surface area contributed by atoms with Gasteiger partial charge in [0, 0.05) is 22.6 Å². The quantitative estimate of drug-likeness (QED) is 0.891. The zero-order valence-corrected chi connectivity index (χ0v) is 13.1. The first-order valence-electron chi connectivity index (χ1n) is 6.91. The molecule has 1 aliphatic rings. The predicted molar refractivity (Wildman–Crippen MR) is 80.5 cm³/mol. The Morgan fingerprint density at radius 3 is 3.00 bits per heavy atom. The molecule has 1 aromatic rings. The van der Waals surface area contributed by atoms with Crippen molar-refractivity contribution in [3.63, 3.8) is 0 Å². The molecule has 0 spiro atoms. The average molecular weight is 328 g/mol. The van der Waals surface area contributed by atoms with Gasteiger partial charge in [-0.15, -0.1) is 0 Å². The smallest absolute Gasteiger partial charge is 0.125 e. The van der Waals surface area contributed by atoms with Crippen LogP contribution in [0.1, 0.15) is 38.3 Å². The predicted octanol–water partition coefficient (Wildman–Crippen LogP) is 3.27. The van der Waals surface area contributed by atoms with Gasteiger partial charge >= 0.3 is 0 Å². The molecule has 1 heterocycles. The van der Waals surface area contributed by atoms with Crippen LogP contribution in [0.15, 0.2) is 22.7 Å². The second kappa shape index (κ2) is 6.73. The van der Waals surface area contributed by atoms with E-state index in [4.69, 9.17) is 4.74 Å². The van der Waals surface area contributed by atoms with Gasteiger partial charge in [-0.1, -0.05) is 35.8 Å². The molecule has 4 heteroatoms. The topological polar surface area (TPSA) is 41.5 Å². The maximum absolute atomic E-state index is 9.92. The Bertz CT molecular complexity index is 423. The molecular formula is C15H22BrNO2. The average Bonchev–Trinajstić information content (AvgIpc) is 2.57. The van der Waals surface area contributed by atoms with E-state index in [0.29, 0.717) is 6.54 Å². The molecule has 106 valence electrons. The summed E-state index contributed by atoms with van der Waals surface area (Å²) in [5.41, 5.74) is 1.19. The van der Waals surface area contributed by atoms with Gasteiger partial charge in [0.05, 0.1) is 12.7 Å². The van der Waals surface area contributed by atoms with Crippen molar-refractivity contribution in [2.75, 3.05) is 13.2 Å². The lowest BCUT2D eigenvalue weighted by molar-refractivity contribution is 0.119. The Kier molecular flexibility index (Phi) is 5.25. The second-order valence-electron chi connectivity index (χ2n) is 5.45. The van der Waals surface area contributed by atoms with Crippen LogP contribution in [0.5, 0.6) is 5.75 Å². The first-order chi connectivity index (χ1) is 9.08. The van der Waals surface area contributed by atoms with Gasteiger partial charge in [-0.3, -0.25) is 0 Å². The van der Waals surface area contributed by atoms with Crippen molar-refractivity contribution in [3.8, 4) is 5.75 Å². The van der Waals surface area contributed by atoms with Crippen molar-refractivity contribution in [2.24, 2.45) is 5.92 Å². The van der Waals surface area contributed by atoms with Crippen LogP contribution in [-0.4, -0.2) is 24.4 Å². The number of ether oxygens (including phenoxy) is 1. The molecule has 3 nitrogen and oxygen atoms in total. The fourth-order valence-corrected chi connectivity index (χ4v) is 2.60. The van der Waals surface area contributed by atoms with Crippen molar-refractivity contribution in [1.82, 2.24) is 5.32 Å². The fraction of sp³-hybridized carbons (Fsp3) is 0.600. The van der Waals surface area contributed by atoms with E-state index in [1.165, 1.54) is 5.56 Å². The summed E-state index contributed by atoms with van der Waals surface area (Å²) in [6.07, 6.45) is 1.77. The molecule has 2 atom stereocenters. The molecule has 0 bridgehead atoms. The number of rotatable bonds is 4. The number of aliphatic hydroxyl groups is 1. The summed E-state index contributed by atoms with van der Waals surface area (Å²) < 4.78 is 6.82. The molecule has 2 unspecified atom stereocenters. The van der Waals surface area contributed by atoms with Crippen molar-refractivity contribution >= 4 is 15.9 Å². The van der Waals surface area contributed by atoms with Gasteiger partial charge in [0.15, 0.2) is 0 Å². The molecule has 1 aliphatic heterocycles. The van der Waals surface area contributed by atoms with Crippen LogP contribution in [0.2, 0.25) is 0 Å². The third-order valence-corrected chi connectivity index (χ3v) is 4.08. The Hall–Kier alpha value is -0.580. The number of hydrogen-bond acceptors (Lipinski definition) is 3. The lowest BCUT2D eigenvalue weighted by Crippen LogP contribution is -2.33. The summed E-state index contributed by atoms with van der Waals surface area (Å²) >= 11 is 3.48. The molecule has 0 radical (unpaired) electrons. The van der Waals surface area contributed by atoms with Gasteiger partial charge in [-0.2, -0.15) is 0 Å². The van der Waals surface area contributed by atoms with Gasteiger partial charge in [0.2, 0.25) is 0 Å². The zero-order chi connectivity index (χ0) is 13.8. The van der Waals surface area contributed by atoms with Gasteiger partial charge in [0.1, 0.15) is 5.75 Å². The molecular weight excluding hydrogens is 306 g/mol. The summed E-state index contributed by atoms with van der Waals surface area (Å²) in [5, 5.41) is 13.4. The van der Waals surface area contributed by atoms with Crippen LogP contribution in [0.25, 0.3) is 0 Å². The Morgan fingerprint density at radius 1 is 1.47 bits per heavy atom. The highest BCUT2D eigenvalue weighted by atomic mass is 79.9. The number of benzene rings is 1. The molecule has 0 aliphatic carbocycles. The van der Waals surface area contributed by atoms with Gasteiger partial charge in [-0.25, -0.2) is 0 Å². The molecule has 1 aromatic carbocycles. The first-order valence-corrected chi connectivity index (χ1v) is 7.71. The number of hydrogen-bond donors (Lipinski definition) is 2. The molecule has 0 saturated carbocycles. The van der Waals surface area contributed by atoms with E-state index < -0.39 is 0 Å². The third-order valence-electron chi connectivity index (χ3n) is 3.59. The minimum absolute atomic E-state index is 0.263. The maximum Gasteiger partial charge on any atom is 0.125 e. The number of fused-ring (bicyclic) bond motifs is 1. The molecule has 0 fully saturated rings. The van der Waals surface area contributed by atoms with E-state index >= 15 is 0 Å². The molecule has 19 heavy (non-hydrogen) atoms. The Morgan fingerprint density at radius 2 is 2.26 bits per heavy atom. The summed E-state index contributed by atoms with van der Waals surface area (Å²) in [6, 6.07) is 6.43. The van der Waals surface area contributed by atoms with Crippen LogP contribution in [-0.2, 0) is 0 Å². The zero-order valence-electron chi connectivity index (χ0n) is 11.5. The Balaban J connectivity index is 2.09. The van der Waals surface area contributed by atoms with Gasteiger partial charge in [0.25, 0.3) is 0 Å². The van der Waals surface area contributed by atoms with Crippen molar-refractivity contribution < 1.29 is 9.84 Å². The SMILES string of the molecule is CC(C)C(O)CNC1CCCOc2cc(Br)ccc21. The van der Waals surface area contributed by atoms with Gasteiger partial charge in [-0.05, 0) is 30.9 Å². The normalized spacial score (nSPS) is 20.6. The standard InChI is InChI=1S/C15H22BrNO2/c1-10(2)14(18)9-17-13-4-3-7-19-15-8-11(16)5-6-12(13)15/h5-6,8,10,13-14,17-18H,3-4,7,9H2,1-2H3. The minimum atomic E-state index is -0.303. The Labute approximate surface area is 123 Å². The van der Waals surface area contributed by atoms with Crippen LogP contribution in [0.3, 0.4) is 0 Å².